The number of H-pyrrole nitrogens is 2. The first-order valence-electron chi connectivity index (χ1n) is 16.2. The predicted molar refractivity (Wildman–Crippen MR) is 199 cm³/mol. The number of hydrogen-bond acceptors (Lipinski definition) is 11. The molecular formula is C38H22CuN8O5S2. The van der Waals surface area contributed by atoms with Gasteiger partial charge in [-0.2, -0.15) is 8.42 Å². The van der Waals surface area contributed by atoms with E-state index in [1.807, 2.05) is 72.8 Å². The largest absolute Gasteiger partial charge is 0.423 e. The van der Waals surface area contributed by atoms with Gasteiger partial charge in [0.15, 0.2) is 29.0 Å². The van der Waals surface area contributed by atoms with Gasteiger partial charge in [0, 0.05) is 55.5 Å². The molecule has 0 fully saturated rings. The van der Waals surface area contributed by atoms with Gasteiger partial charge in [-0.15, -0.1) is 0 Å². The topological polar surface area (TPSA) is 186 Å². The van der Waals surface area contributed by atoms with Crippen molar-refractivity contribution in [2.45, 2.75) is 4.90 Å². The number of benzene rings is 5. The first-order chi connectivity index (χ1) is 25.7. The van der Waals surface area contributed by atoms with Gasteiger partial charge in [0.1, 0.15) is 22.6 Å². The summed E-state index contributed by atoms with van der Waals surface area (Å²) in [7, 11) is -10.2. The molecule has 0 atom stereocenters. The molecule has 8 aromatic rings. The van der Waals surface area contributed by atoms with E-state index in [9.17, 15) is 16.8 Å². The standard InChI is InChI=1S/C38H22N8O5S2.Cu/c47-52(48,21-11-2-1-3-12-21)53(49,50)51-29-20-10-19-28-30(29)38-45-36-27-18-9-8-17-26(27)34(43-36)41-32-23-14-5-4-13-22(23)31(39-32)40-33-24-15-6-7-16-25(24)35(42-33)44-37(28)46-38;/h1-20H,(H2,39,40,41,42,43,44,45,46);. The minimum atomic E-state index is -5.27. The molecule has 0 spiro atoms. The van der Waals surface area contributed by atoms with Crippen molar-refractivity contribution < 1.29 is 38.1 Å². The Morgan fingerprint density at radius 2 is 0.833 bits per heavy atom. The zero-order valence-electron chi connectivity index (χ0n) is 27.4. The maximum Gasteiger partial charge on any atom is 0.423 e. The summed E-state index contributed by atoms with van der Waals surface area (Å²) in [5.41, 5.74) is 4.34. The van der Waals surface area contributed by atoms with E-state index in [1.165, 1.54) is 30.3 Å². The summed E-state index contributed by atoms with van der Waals surface area (Å²) in [6, 6.07) is 34.2. The van der Waals surface area contributed by atoms with Gasteiger partial charge in [0.25, 0.3) is 0 Å². The molecule has 1 radical (unpaired) electrons. The molecule has 267 valence electrons. The molecule has 2 N–H and O–H groups in total. The van der Waals surface area contributed by atoms with Crippen LogP contribution in [0.1, 0.15) is 0 Å². The van der Waals surface area contributed by atoms with E-state index in [0.717, 1.165) is 27.5 Å². The Kier molecular flexibility index (Phi) is 7.69. The van der Waals surface area contributed by atoms with Gasteiger partial charge in [0.05, 0.1) is 10.3 Å². The van der Waals surface area contributed by atoms with E-state index in [-0.39, 0.29) is 45.3 Å². The van der Waals surface area contributed by atoms with E-state index in [0.29, 0.717) is 39.7 Å². The Hall–Kier alpha value is -6.32. The molecule has 3 aromatic heterocycles. The van der Waals surface area contributed by atoms with Crippen molar-refractivity contribution in [1.29, 1.82) is 0 Å². The minimum absolute atomic E-state index is 0. The van der Waals surface area contributed by atoms with Crippen LogP contribution in [0.2, 0.25) is 0 Å². The molecular weight excluding hydrogens is 776 g/mol. The summed E-state index contributed by atoms with van der Waals surface area (Å²) < 4.78 is 59.1. The third-order valence-electron chi connectivity index (χ3n) is 9.03. The molecule has 2 aliphatic heterocycles. The molecule has 16 heteroatoms. The normalized spacial score (nSPS) is 12.2. The van der Waals surface area contributed by atoms with Crippen LogP contribution in [-0.4, -0.2) is 56.7 Å². The fourth-order valence-electron chi connectivity index (χ4n) is 6.59. The van der Waals surface area contributed by atoms with E-state index in [1.54, 1.807) is 18.2 Å². The summed E-state index contributed by atoms with van der Waals surface area (Å²) in [6.45, 7) is 0. The number of rotatable bonds is 4. The van der Waals surface area contributed by atoms with Crippen LogP contribution in [-0.2, 0) is 35.1 Å². The Morgan fingerprint density at radius 3 is 1.35 bits per heavy atom. The van der Waals surface area contributed by atoms with Crippen LogP contribution < -0.4 is 4.18 Å². The van der Waals surface area contributed by atoms with Crippen molar-refractivity contribution in [3.63, 3.8) is 0 Å². The first-order valence-corrected chi connectivity index (χ1v) is 19.6. The van der Waals surface area contributed by atoms with E-state index in [2.05, 4.69) is 9.97 Å². The third kappa shape index (κ3) is 5.18. The summed E-state index contributed by atoms with van der Waals surface area (Å²) in [5.74, 6) is 1.14. The second-order valence-electron chi connectivity index (χ2n) is 12.2. The molecule has 5 aromatic carbocycles. The van der Waals surface area contributed by atoms with Gasteiger partial charge in [-0.25, -0.2) is 38.3 Å². The molecule has 0 saturated heterocycles. The number of aromatic amines is 2. The maximum atomic E-state index is 13.5. The van der Waals surface area contributed by atoms with E-state index in [4.69, 9.17) is 34.1 Å². The average molecular weight is 798 g/mol. The molecule has 2 aliphatic rings. The summed E-state index contributed by atoms with van der Waals surface area (Å²) in [6.07, 6.45) is 0. The summed E-state index contributed by atoms with van der Waals surface area (Å²) >= 11 is 0. The molecule has 54 heavy (non-hydrogen) atoms. The second-order valence-corrected chi connectivity index (χ2v) is 17.1. The van der Waals surface area contributed by atoms with Crippen LogP contribution >= 0.6 is 0 Å². The number of fused-ring (bicyclic) bond motifs is 20. The Labute approximate surface area is 316 Å². The van der Waals surface area contributed by atoms with Gasteiger partial charge in [-0.3, -0.25) is 0 Å². The Balaban J connectivity index is 0.00000384. The number of nitrogens with one attached hydrogen (secondary N) is 2. The van der Waals surface area contributed by atoms with Crippen LogP contribution in [0.15, 0.2) is 126 Å². The van der Waals surface area contributed by atoms with Crippen molar-refractivity contribution in [3.8, 4) is 51.3 Å². The minimum Gasteiger partial charge on any atom is -0.370 e. The zero-order valence-corrected chi connectivity index (χ0v) is 30.0. The van der Waals surface area contributed by atoms with Crippen molar-refractivity contribution >= 4 is 62.2 Å². The second kappa shape index (κ2) is 12.4. The Bertz CT molecular complexity index is 3260. The molecule has 0 unspecified atom stereocenters. The fourth-order valence-corrected chi connectivity index (χ4v) is 9.29. The van der Waals surface area contributed by atoms with Gasteiger partial charge in [-0.05, 0) is 18.2 Å². The molecule has 13 nitrogen and oxygen atoms in total. The van der Waals surface area contributed by atoms with Crippen molar-refractivity contribution in [2.75, 3.05) is 0 Å². The van der Waals surface area contributed by atoms with E-state index >= 15 is 0 Å². The molecule has 10 rings (SSSR count). The smallest absolute Gasteiger partial charge is 0.370 e. The van der Waals surface area contributed by atoms with Gasteiger partial charge < -0.3 is 14.2 Å². The van der Waals surface area contributed by atoms with E-state index < -0.39 is 22.9 Å². The van der Waals surface area contributed by atoms with Gasteiger partial charge in [0.2, 0.25) is 0 Å². The third-order valence-corrected chi connectivity index (χ3v) is 13.2. The van der Waals surface area contributed by atoms with Crippen LogP contribution in [0.3, 0.4) is 0 Å². The Morgan fingerprint density at radius 1 is 0.426 bits per heavy atom. The maximum absolute atomic E-state index is 13.5. The van der Waals surface area contributed by atoms with Crippen LogP contribution in [0.5, 0.6) is 5.75 Å². The first kappa shape index (κ1) is 33.5. The SMILES string of the molecule is O=S(=O)(Oc1cccc2c3nc4nc(nc5[nH]c(nc6nc(nc([nH]3)c12)-c1ccccc1-6)c1ccccc51)-c1ccccc1-4)S(=O)(=O)c1ccccc1.[Cu]. The van der Waals surface area contributed by atoms with Gasteiger partial charge >= 0.3 is 18.0 Å². The fraction of sp³-hybridized carbons (Fsp3) is 0. The molecule has 8 bridgehead atoms. The average Bonchev–Trinajstić information content (AvgIpc) is 3.91. The zero-order chi connectivity index (χ0) is 35.9. The summed E-state index contributed by atoms with van der Waals surface area (Å²) in [5, 5.41) is 2.23. The monoisotopic (exact) mass is 797 g/mol. The predicted octanol–water partition coefficient (Wildman–Crippen LogP) is 6.96. The van der Waals surface area contributed by atoms with Crippen LogP contribution in [0.25, 0.3) is 89.7 Å². The van der Waals surface area contributed by atoms with Crippen molar-refractivity contribution in [3.05, 3.63) is 121 Å². The molecule has 0 saturated carbocycles. The number of hydrogen-bond donors (Lipinski definition) is 2. The van der Waals surface area contributed by atoms with Crippen molar-refractivity contribution in [1.82, 2.24) is 39.9 Å². The number of aromatic nitrogens is 8. The molecule has 0 aliphatic carbocycles. The quantitative estimate of drug-likeness (QED) is 0.138. The molecule has 5 heterocycles. The van der Waals surface area contributed by atoms with Crippen molar-refractivity contribution in [2.24, 2.45) is 0 Å². The number of nitrogens with zero attached hydrogens (tertiary/aromatic N) is 6. The summed E-state index contributed by atoms with van der Waals surface area (Å²) in [4.78, 5) is 35.6. The molecule has 0 amide bonds. The van der Waals surface area contributed by atoms with Crippen LogP contribution in [0.4, 0.5) is 0 Å². The van der Waals surface area contributed by atoms with Crippen LogP contribution in [0, 0.1) is 0 Å². The van der Waals surface area contributed by atoms with Gasteiger partial charge in [-0.1, -0.05) is 103 Å².